The zero-order chi connectivity index (χ0) is 25.8. The minimum Gasteiger partial charge on any atom is -0.503 e. The van der Waals surface area contributed by atoms with Crippen LogP contribution in [0.5, 0.6) is 17.2 Å². The summed E-state index contributed by atoms with van der Waals surface area (Å²) >= 11 is 0. The van der Waals surface area contributed by atoms with E-state index >= 15 is 0 Å². The third-order valence-corrected chi connectivity index (χ3v) is 6.37. The number of carbonyl (C=O) groups excluding carboxylic acids is 2. The molecule has 0 aromatic heterocycles. The van der Waals surface area contributed by atoms with Crippen LogP contribution >= 0.6 is 0 Å². The van der Waals surface area contributed by atoms with Gasteiger partial charge in [0, 0.05) is 12.1 Å². The van der Waals surface area contributed by atoms with Crippen molar-refractivity contribution < 1.29 is 28.9 Å². The maximum absolute atomic E-state index is 13.6. The molecule has 1 aliphatic heterocycles. The average Bonchev–Trinajstić information content (AvgIpc) is 3.17. The van der Waals surface area contributed by atoms with Gasteiger partial charge >= 0.3 is 0 Å². The summed E-state index contributed by atoms with van der Waals surface area (Å²) in [5, 5.41) is 11.0. The van der Waals surface area contributed by atoms with Crippen molar-refractivity contribution >= 4 is 17.4 Å². The molecular weight excluding hydrogens is 458 g/mol. The van der Waals surface area contributed by atoms with Crippen LogP contribution in [-0.2, 0) is 16.0 Å². The van der Waals surface area contributed by atoms with E-state index in [1.807, 2.05) is 55.5 Å². The second-order valence-electron chi connectivity index (χ2n) is 8.49. The van der Waals surface area contributed by atoms with E-state index in [4.69, 9.17) is 14.2 Å². The van der Waals surface area contributed by atoms with Crippen molar-refractivity contribution in [2.24, 2.45) is 0 Å². The highest BCUT2D eigenvalue weighted by atomic mass is 16.5. The molecule has 7 nitrogen and oxygen atoms in total. The molecule has 0 spiro atoms. The Morgan fingerprint density at radius 3 is 2.11 bits per heavy atom. The lowest BCUT2D eigenvalue weighted by molar-refractivity contribution is -0.118. The second-order valence-corrected chi connectivity index (χ2v) is 8.49. The van der Waals surface area contributed by atoms with Crippen LogP contribution in [0.25, 0.3) is 0 Å². The second kappa shape index (κ2) is 10.6. The van der Waals surface area contributed by atoms with E-state index in [-0.39, 0.29) is 17.8 Å². The molecule has 186 valence electrons. The van der Waals surface area contributed by atoms with Crippen LogP contribution in [0.3, 0.4) is 0 Å². The number of hydrogen-bond acceptors (Lipinski definition) is 6. The van der Waals surface area contributed by atoms with E-state index in [0.717, 1.165) is 11.1 Å². The predicted molar refractivity (Wildman–Crippen MR) is 137 cm³/mol. The molecule has 1 heterocycles. The summed E-state index contributed by atoms with van der Waals surface area (Å²) in [6.45, 7) is 1.88. The van der Waals surface area contributed by atoms with Gasteiger partial charge in [0.15, 0.2) is 23.0 Å². The molecule has 36 heavy (non-hydrogen) atoms. The summed E-state index contributed by atoms with van der Waals surface area (Å²) in [6.07, 6.45) is 0.621. The molecule has 0 aliphatic carbocycles. The minimum absolute atomic E-state index is 0.0495. The van der Waals surface area contributed by atoms with Crippen LogP contribution in [0.1, 0.15) is 29.2 Å². The lowest BCUT2D eigenvalue weighted by atomic mass is 9.92. The van der Waals surface area contributed by atoms with Crippen molar-refractivity contribution in [3.63, 3.8) is 0 Å². The standard InChI is InChI=1S/C29H29NO6/c1-18-10-8-9-13-21(18)30-26(20-16-23(34-2)28(36-4)24(17-20)35-3)25(27(32)29(30)33)22(31)15-14-19-11-6-5-7-12-19/h5-13,16-17,26,32H,14-15H2,1-4H3. The topological polar surface area (TPSA) is 85.3 Å². The number of ether oxygens (including phenoxy) is 3. The summed E-state index contributed by atoms with van der Waals surface area (Å²) in [5.41, 5.74) is 3.02. The monoisotopic (exact) mass is 487 g/mol. The fourth-order valence-electron chi connectivity index (χ4n) is 4.58. The van der Waals surface area contributed by atoms with E-state index in [2.05, 4.69) is 0 Å². The van der Waals surface area contributed by atoms with Crippen LogP contribution in [0.4, 0.5) is 5.69 Å². The van der Waals surface area contributed by atoms with E-state index < -0.39 is 17.7 Å². The molecule has 1 atom stereocenters. The molecule has 0 fully saturated rings. The first-order valence-electron chi connectivity index (χ1n) is 11.6. The number of ketones is 1. The van der Waals surface area contributed by atoms with Crippen LogP contribution in [0, 0.1) is 6.92 Å². The van der Waals surface area contributed by atoms with Gasteiger partial charge in [0.05, 0.1) is 32.9 Å². The molecule has 3 aromatic carbocycles. The van der Waals surface area contributed by atoms with Gasteiger partial charge in [-0.1, -0.05) is 48.5 Å². The van der Waals surface area contributed by atoms with Crippen LogP contribution in [0.15, 0.2) is 78.1 Å². The number of amides is 1. The first-order valence-corrected chi connectivity index (χ1v) is 11.6. The molecule has 1 amide bonds. The van der Waals surface area contributed by atoms with Gasteiger partial charge in [-0.3, -0.25) is 14.5 Å². The van der Waals surface area contributed by atoms with Crippen molar-refractivity contribution in [3.05, 3.63) is 94.8 Å². The molecule has 4 rings (SSSR count). The molecule has 1 N–H and O–H groups in total. The van der Waals surface area contributed by atoms with Crippen molar-refractivity contribution in [1.29, 1.82) is 0 Å². The Morgan fingerprint density at radius 1 is 0.917 bits per heavy atom. The van der Waals surface area contributed by atoms with Gasteiger partial charge in [0.25, 0.3) is 5.91 Å². The molecule has 0 saturated carbocycles. The number of rotatable bonds is 9. The molecule has 3 aromatic rings. The summed E-state index contributed by atoms with van der Waals surface area (Å²) in [4.78, 5) is 28.5. The number of nitrogens with zero attached hydrogens (tertiary/aromatic N) is 1. The fraction of sp³-hybridized carbons (Fsp3) is 0.241. The number of benzene rings is 3. The molecular formula is C29H29NO6. The number of hydrogen-bond donors (Lipinski definition) is 1. The number of aliphatic hydroxyl groups is 1. The maximum Gasteiger partial charge on any atom is 0.294 e. The highest BCUT2D eigenvalue weighted by molar-refractivity contribution is 6.16. The Labute approximate surface area is 210 Å². The Bertz CT molecular complexity index is 1290. The van der Waals surface area contributed by atoms with Crippen molar-refractivity contribution in [3.8, 4) is 17.2 Å². The number of para-hydroxylation sites is 1. The summed E-state index contributed by atoms with van der Waals surface area (Å²) in [5.74, 6) is -0.334. The molecule has 0 saturated heterocycles. The number of carbonyl (C=O) groups is 2. The molecule has 1 unspecified atom stereocenters. The van der Waals surface area contributed by atoms with Gasteiger partial charge in [0.1, 0.15) is 0 Å². The zero-order valence-corrected chi connectivity index (χ0v) is 20.8. The number of anilines is 1. The Morgan fingerprint density at radius 2 is 1.53 bits per heavy atom. The van der Waals surface area contributed by atoms with E-state index in [1.165, 1.54) is 26.2 Å². The van der Waals surface area contributed by atoms with Gasteiger partial charge in [-0.05, 0) is 48.2 Å². The van der Waals surface area contributed by atoms with Gasteiger partial charge in [0.2, 0.25) is 5.75 Å². The lowest BCUT2D eigenvalue weighted by Gasteiger charge is -2.29. The first kappa shape index (κ1) is 24.9. The third kappa shape index (κ3) is 4.52. The SMILES string of the molecule is COc1cc(C2C(C(=O)CCc3ccccc3)=C(O)C(=O)N2c2ccccc2C)cc(OC)c1OC. The largest absolute Gasteiger partial charge is 0.503 e. The van der Waals surface area contributed by atoms with E-state index in [9.17, 15) is 14.7 Å². The predicted octanol–water partition coefficient (Wildman–Crippen LogP) is 5.12. The van der Waals surface area contributed by atoms with Crippen molar-refractivity contribution in [1.82, 2.24) is 0 Å². The number of Topliss-reactive ketones (excluding diaryl/α,β-unsaturated/α-hetero) is 1. The summed E-state index contributed by atoms with van der Waals surface area (Å²) in [7, 11) is 4.50. The van der Waals surface area contributed by atoms with E-state index in [1.54, 1.807) is 18.2 Å². The molecule has 0 bridgehead atoms. The first-order chi connectivity index (χ1) is 17.4. The quantitative estimate of drug-likeness (QED) is 0.451. The fourth-order valence-corrected chi connectivity index (χ4v) is 4.58. The summed E-state index contributed by atoms with van der Waals surface area (Å²) < 4.78 is 16.5. The average molecular weight is 488 g/mol. The van der Waals surface area contributed by atoms with Gasteiger partial charge in [-0.2, -0.15) is 0 Å². The van der Waals surface area contributed by atoms with Crippen LogP contribution in [0.2, 0.25) is 0 Å². The van der Waals surface area contributed by atoms with Gasteiger partial charge in [-0.25, -0.2) is 0 Å². The highest BCUT2D eigenvalue weighted by Crippen LogP contribution is 2.47. The molecule has 7 heteroatoms. The van der Waals surface area contributed by atoms with Crippen LogP contribution in [-0.4, -0.2) is 38.1 Å². The Balaban J connectivity index is 1.84. The summed E-state index contributed by atoms with van der Waals surface area (Å²) in [6, 6.07) is 19.5. The normalized spacial score (nSPS) is 15.3. The Hall–Kier alpha value is -4.26. The number of aryl methyl sites for hydroxylation is 2. The van der Waals surface area contributed by atoms with Gasteiger partial charge < -0.3 is 19.3 Å². The van der Waals surface area contributed by atoms with Crippen molar-refractivity contribution in [2.75, 3.05) is 26.2 Å². The highest BCUT2D eigenvalue weighted by Gasteiger charge is 2.45. The van der Waals surface area contributed by atoms with Crippen LogP contribution < -0.4 is 19.1 Å². The minimum atomic E-state index is -0.879. The number of methoxy groups -OCH3 is 3. The van der Waals surface area contributed by atoms with E-state index in [0.29, 0.717) is 34.9 Å². The maximum atomic E-state index is 13.6. The van der Waals surface area contributed by atoms with Gasteiger partial charge in [-0.15, -0.1) is 0 Å². The third-order valence-electron chi connectivity index (χ3n) is 6.37. The molecule has 1 aliphatic rings. The Kier molecular flexibility index (Phi) is 7.29. The zero-order valence-electron chi connectivity index (χ0n) is 20.8. The molecule has 0 radical (unpaired) electrons. The number of aliphatic hydroxyl groups excluding tert-OH is 1. The van der Waals surface area contributed by atoms with Crippen molar-refractivity contribution in [2.45, 2.75) is 25.8 Å². The smallest absolute Gasteiger partial charge is 0.294 e. The lowest BCUT2D eigenvalue weighted by Crippen LogP contribution is -2.31.